The molecular formula is C25H48N2O2. The van der Waals surface area contributed by atoms with Crippen molar-refractivity contribution < 1.29 is 9.90 Å². The van der Waals surface area contributed by atoms with Crippen molar-refractivity contribution in [1.82, 2.24) is 10.6 Å². The molecule has 3 N–H and O–H groups in total. The number of hydrogen-bond acceptors (Lipinski definition) is 2. The first kappa shape index (κ1) is 26.0. The number of aliphatic hydroxyl groups is 1. The summed E-state index contributed by atoms with van der Waals surface area (Å²) in [5, 5.41) is 15.9. The van der Waals surface area contributed by atoms with Crippen molar-refractivity contribution in [3.8, 4) is 0 Å². The number of nitrogens with one attached hydrogen (secondary N) is 2. The van der Waals surface area contributed by atoms with Crippen LogP contribution in [0.15, 0.2) is 12.2 Å². The standard InChI is InChI=1S/C25H48N2O2/c1-3-4-5-6-7-8-9-10-11-12-13-14-15-16-19-22(2)26-25(29)27-23-20-17-18-21-24(23)28/h10-11,22-24,28H,3-9,12-21H2,1-2H3,(H2,26,27,29)/t22?,23-,24-/m0/s1. The van der Waals surface area contributed by atoms with Gasteiger partial charge in [0.25, 0.3) is 0 Å². The average molecular weight is 409 g/mol. The predicted octanol–water partition coefficient (Wildman–Crippen LogP) is 6.63. The number of amides is 2. The summed E-state index contributed by atoms with van der Waals surface area (Å²) in [4.78, 5) is 12.1. The van der Waals surface area contributed by atoms with Crippen LogP contribution in [0.3, 0.4) is 0 Å². The third kappa shape index (κ3) is 14.6. The smallest absolute Gasteiger partial charge is 0.315 e. The normalized spacial score (nSPS) is 20.7. The Bertz CT molecular complexity index is 425. The first-order valence-corrected chi connectivity index (χ1v) is 12.5. The molecule has 2 amide bonds. The van der Waals surface area contributed by atoms with Crippen LogP contribution in [0.25, 0.3) is 0 Å². The molecule has 0 aromatic rings. The molecule has 29 heavy (non-hydrogen) atoms. The second-order valence-electron chi connectivity index (χ2n) is 9.00. The Kier molecular flexibility index (Phi) is 16.0. The molecule has 4 heteroatoms. The zero-order valence-electron chi connectivity index (χ0n) is 19.3. The Morgan fingerprint density at radius 2 is 1.52 bits per heavy atom. The van der Waals surface area contributed by atoms with Crippen LogP contribution in [0.5, 0.6) is 0 Å². The summed E-state index contributed by atoms with van der Waals surface area (Å²) < 4.78 is 0. The largest absolute Gasteiger partial charge is 0.391 e. The number of carbonyl (C=O) groups is 1. The highest BCUT2D eigenvalue weighted by atomic mass is 16.3. The van der Waals surface area contributed by atoms with Gasteiger partial charge in [-0.1, -0.05) is 83.3 Å². The maximum Gasteiger partial charge on any atom is 0.315 e. The molecule has 0 bridgehead atoms. The van der Waals surface area contributed by atoms with Gasteiger partial charge in [0.05, 0.1) is 12.1 Å². The highest BCUT2D eigenvalue weighted by molar-refractivity contribution is 5.74. The predicted molar refractivity (Wildman–Crippen MR) is 124 cm³/mol. The summed E-state index contributed by atoms with van der Waals surface area (Å²) in [7, 11) is 0. The lowest BCUT2D eigenvalue weighted by molar-refractivity contribution is 0.0940. The monoisotopic (exact) mass is 408 g/mol. The van der Waals surface area contributed by atoms with Crippen LogP contribution in [0.1, 0.15) is 123 Å². The van der Waals surface area contributed by atoms with Gasteiger partial charge in [-0.25, -0.2) is 4.79 Å². The summed E-state index contributed by atoms with van der Waals surface area (Å²) in [6.07, 6.45) is 24.9. The van der Waals surface area contributed by atoms with Crippen LogP contribution in [-0.4, -0.2) is 29.3 Å². The van der Waals surface area contributed by atoms with E-state index in [1.807, 2.05) is 0 Å². The number of unbranched alkanes of at least 4 members (excludes halogenated alkanes) is 10. The van der Waals surface area contributed by atoms with E-state index in [0.29, 0.717) is 0 Å². The van der Waals surface area contributed by atoms with Crippen molar-refractivity contribution in [2.75, 3.05) is 0 Å². The van der Waals surface area contributed by atoms with E-state index in [0.717, 1.165) is 38.5 Å². The Morgan fingerprint density at radius 3 is 2.17 bits per heavy atom. The van der Waals surface area contributed by atoms with E-state index >= 15 is 0 Å². The molecular weight excluding hydrogens is 360 g/mol. The summed E-state index contributed by atoms with van der Waals surface area (Å²) in [6, 6.07) is -0.0167. The molecule has 1 fully saturated rings. The van der Waals surface area contributed by atoms with Gasteiger partial charge in [0.2, 0.25) is 0 Å². The number of aliphatic hydroxyl groups excluding tert-OH is 1. The van der Waals surface area contributed by atoms with E-state index in [1.54, 1.807) is 0 Å². The fraction of sp³-hybridized carbons (Fsp3) is 0.880. The lowest BCUT2D eigenvalue weighted by Crippen LogP contribution is -2.50. The van der Waals surface area contributed by atoms with Gasteiger partial charge in [-0.15, -0.1) is 0 Å². The van der Waals surface area contributed by atoms with Gasteiger partial charge in [-0.3, -0.25) is 0 Å². The molecule has 1 rings (SSSR count). The van der Waals surface area contributed by atoms with Crippen LogP contribution in [0, 0.1) is 0 Å². The van der Waals surface area contributed by atoms with Crippen LogP contribution in [-0.2, 0) is 0 Å². The summed E-state index contributed by atoms with van der Waals surface area (Å²) in [6.45, 7) is 4.34. The maximum absolute atomic E-state index is 12.1. The van der Waals surface area contributed by atoms with Crippen LogP contribution < -0.4 is 10.6 Å². The van der Waals surface area contributed by atoms with Crippen LogP contribution >= 0.6 is 0 Å². The fourth-order valence-corrected chi connectivity index (χ4v) is 4.13. The molecule has 1 aliphatic carbocycles. The molecule has 4 nitrogen and oxygen atoms in total. The molecule has 1 aliphatic rings. The quantitative estimate of drug-likeness (QED) is 0.198. The van der Waals surface area contributed by atoms with Crippen molar-refractivity contribution >= 4 is 6.03 Å². The Labute approximate surface area is 180 Å². The minimum atomic E-state index is -0.385. The molecule has 0 aromatic carbocycles. The van der Waals surface area contributed by atoms with Gasteiger partial charge in [0.1, 0.15) is 0 Å². The van der Waals surface area contributed by atoms with E-state index in [2.05, 4.69) is 36.6 Å². The van der Waals surface area contributed by atoms with Gasteiger partial charge in [-0.05, 0) is 51.9 Å². The third-order valence-electron chi connectivity index (χ3n) is 6.07. The second kappa shape index (κ2) is 17.8. The van der Waals surface area contributed by atoms with E-state index in [1.165, 1.54) is 70.6 Å². The van der Waals surface area contributed by atoms with E-state index < -0.39 is 0 Å². The van der Waals surface area contributed by atoms with Crippen molar-refractivity contribution in [1.29, 1.82) is 0 Å². The Morgan fingerprint density at radius 1 is 0.931 bits per heavy atom. The second-order valence-corrected chi connectivity index (χ2v) is 9.00. The molecule has 1 unspecified atom stereocenters. The average Bonchev–Trinajstić information content (AvgIpc) is 2.70. The minimum absolute atomic E-state index is 0.0786. The van der Waals surface area contributed by atoms with Crippen molar-refractivity contribution in [3.05, 3.63) is 12.2 Å². The number of rotatable bonds is 16. The molecule has 3 atom stereocenters. The van der Waals surface area contributed by atoms with Crippen LogP contribution in [0.4, 0.5) is 4.79 Å². The lowest BCUT2D eigenvalue weighted by atomic mass is 9.93. The molecule has 1 saturated carbocycles. The van der Waals surface area contributed by atoms with Crippen molar-refractivity contribution in [3.63, 3.8) is 0 Å². The van der Waals surface area contributed by atoms with E-state index in [9.17, 15) is 9.90 Å². The highest BCUT2D eigenvalue weighted by Crippen LogP contribution is 2.18. The van der Waals surface area contributed by atoms with Gasteiger partial charge in [0.15, 0.2) is 0 Å². The number of hydrogen-bond donors (Lipinski definition) is 3. The minimum Gasteiger partial charge on any atom is -0.391 e. The third-order valence-corrected chi connectivity index (χ3v) is 6.07. The summed E-state index contributed by atoms with van der Waals surface area (Å²) >= 11 is 0. The van der Waals surface area contributed by atoms with Crippen LogP contribution in [0.2, 0.25) is 0 Å². The first-order valence-electron chi connectivity index (χ1n) is 12.5. The zero-order chi connectivity index (χ0) is 21.2. The van der Waals surface area contributed by atoms with Gasteiger partial charge in [0, 0.05) is 6.04 Å². The topological polar surface area (TPSA) is 61.4 Å². The SMILES string of the molecule is CCCCCCCCC=CCCCCCCC(C)NC(=O)N[C@H]1CCCC[C@@H]1O. The molecule has 0 heterocycles. The van der Waals surface area contributed by atoms with Gasteiger partial charge >= 0.3 is 6.03 Å². The molecule has 0 radical (unpaired) electrons. The molecule has 0 aliphatic heterocycles. The molecule has 0 saturated heterocycles. The summed E-state index contributed by atoms with van der Waals surface area (Å²) in [5.74, 6) is 0. The van der Waals surface area contributed by atoms with Gasteiger partial charge < -0.3 is 15.7 Å². The van der Waals surface area contributed by atoms with E-state index in [4.69, 9.17) is 0 Å². The maximum atomic E-state index is 12.1. The molecule has 0 spiro atoms. The van der Waals surface area contributed by atoms with E-state index in [-0.39, 0.29) is 24.2 Å². The number of allylic oxidation sites excluding steroid dienone is 2. The first-order chi connectivity index (χ1) is 14.1. The number of urea groups is 1. The lowest BCUT2D eigenvalue weighted by Gasteiger charge is -2.29. The zero-order valence-corrected chi connectivity index (χ0v) is 19.3. The van der Waals surface area contributed by atoms with Gasteiger partial charge in [-0.2, -0.15) is 0 Å². The summed E-state index contributed by atoms with van der Waals surface area (Å²) in [5.41, 5.74) is 0. The number of carbonyl (C=O) groups excluding carboxylic acids is 1. The Hall–Kier alpha value is -1.03. The molecule has 0 aromatic heterocycles. The highest BCUT2D eigenvalue weighted by Gasteiger charge is 2.24. The Balaban J connectivity index is 1.90. The van der Waals surface area contributed by atoms with Crippen molar-refractivity contribution in [2.24, 2.45) is 0 Å². The van der Waals surface area contributed by atoms with Crippen molar-refractivity contribution in [2.45, 2.75) is 141 Å². The molecule has 170 valence electrons. The fourth-order valence-electron chi connectivity index (χ4n) is 4.13.